The SMILES string of the molecule is CCCn1cc(-c2ccc(Cl)cc2)c(=O)c(-c2ccc(OC)cc2OC)c1. The van der Waals surface area contributed by atoms with Gasteiger partial charge in [-0.1, -0.05) is 30.7 Å². The van der Waals surface area contributed by atoms with Gasteiger partial charge in [0.25, 0.3) is 0 Å². The zero-order chi connectivity index (χ0) is 19.4. The first kappa shape index (κ1) is 19.1. The Bertz CT molecular complexity index is 993. The smallest absolute Gasteiger partial charge is 0.197 e. The summed E-state index contributed by atoms with van der Waals surface area (Å²) in [5.41, 5.74) is 2.76. The first-order chi connectivity index (χ1) is 13.1. The van der Waals surface area contributed by atoms with E-state index in [9.17, 15) is 4.79 Å². The van der Waals surface area contributed by atoms with E-state index in [0.717, 1.165) is 24.1 Å². The van der Waals surface area contributed by atoms with Gasteiger partial charge in [0.2, 0.25) is 0 Å². The second-order valence-electron chi connectivity index (χ2n) is 6.23. The molecule has 27 heavy (non-hydrogen) atoms. The highest BCUT2D eigenvalue weighted by atomic mass is 35.5. The van der Waals surface area contributed by atoms with E-state index >= 15 is 0 Å². The zero-order valence-electron chi connectivity index (χ0n) is 15.7. The molecule has 0 spiro atoms. The maximum absolute atomic E-state index is 13.3. The van der Waals surface area contributed by atoms with Crippen LogP contribution in [0.3, 0.4) is 0 Å². The van der Waals surface area contributed by atoms with Gasteiger partial charge in [-0.05, 0) is 36.2 Å². The van der Waals surface area contributed by atoms with Crippen molar-refractivity contribution in [3.8, 4) is 33.8 Å². The van der Waals surface area contributed by atoms with Crippen LogP contribution >= 0.6 is 11.6 Å². The molecule has 0 aliphatic rings. The first-order valence-corrected chi connectivity index (χ1v) is 9.17. The molecule has 140 valence electrons. The van der Waals surface area contributed by atoms with Gasteiger partial charge in [-0.2, -0.15) is 0 Å². The number of pyridine rings is 1. The van der Waals surface area contributed by atoms with Crippen LogP contribution in [0.15, 0.2) is 59.7 Å². The van der Waals surface area contributed by atoms with E-state index in [2.05, 4.69) is 6.92 Å². The fraction of sp³-hybridized carbons (Fsp3) is 0.227. The minimum atomic E-state index is -0.0480. The van der Waals surface area contributed by atoms with Gasteiger partial charge >= 0.3 is 0 Å². The van der Waals surface area contributed by atoms with Crippen molar-refractivity contribution in [2.45, 2.75) is 19.9 Å². The van der Waals surface area contributed by atoms with E-state index in [1.54, 1.807) is 32.4 Å². The number of ether oxygens (including phenoxy) is 2. The van der Waals surface area contributed by atoms with Gasteiger partial charge in [0.05, 0.1) is 14.2 Å². The molecule has 0 amide bonds. The maximum Gasteiger partial charge on any atom is 0.197 e. The van der Waals surface area contributed by atoms with Gasteiger partial charge in [-0.15, -0.1) is 0 Å². The van der Waals surface area contributed by atoms with Crippen LogP contribution in [0.25, 0.3) is 22.3 Å². The summed E-state index contributed by atoms with van der Waals surface area (Å²) in [5.74, 6) is 1.28. The Morgan fingerprint density at radius 3 is 2.26 bits per heavy atom. The summed E-state index contributed by atoms with van der Waals surface area (Å²) < 4.78 is 12.8. The number of rotatable bonds is 6. The van der Waals surface area contributed by atoms with E-state index in [1.165, 1.54) is 0 Å². The highest BCUT2D eigenvalue weighted by Gasteiger charge is 2.15. The van der Waals surface area contributed by atoms with Crippen LogP contribution < -0.4 is 14.9 Å². The quantitative estimate of drug-likeness (QED) is 0.582. The Morgan fingerprint density at radius 1 is 0.926 bits per heavy atom. The second-order valence-corrected chi connectivity index (χ2v) is 6.66. The van der Waals surface area contributed by atoms with Crippen LogP contribution in [0, 0.1) is 0 Å². The molecule has 2 aromatic carbocycles. The highest BCUT2D eigenvalue weighted by Crippen LogP contribution is 2.32. The van der Waals surface area contributed by atoms with Crippen molar-refractivity contribution in [1.82, 2.24) is 4.57 Å². The third-order valence-corrected chi connectivity index (χ3v) is 4.67. The molecule has 1 heterocycles. The third-order valence-electron chi connectivity index (χ3n) is 4.41. The predicted octanol–water partition coefficient (Wildman–Crippen LogP) is 5.26. The van der Waals surface area contributed by atoms with Crippen molar-refractivity contribution < 1.29 is 9.47 Å². The summed E-state index contributed by atoms with van der Waals surface area (Å²) in [6.45, 7) is 2.92. The minimum absolute atomic E-state index is 0.0480. The average Bonchev–Trinajstić information content (AvgIpc) is 2.69. The van der Waals surface area contributed by atoms with Crippen molar-refractivity contribution in [1.29, 1.82) is 0 Å². The lowest BCUT2D eigenvalue weighted by Crippen LogP contribution is -2.13. The molecular formula is C22H22ClNO3. The molecule has 0 saturated heterocycles. The number of nitrogens with zero attached hydrogens (tertiary/aromatic N) is 1. The lowest BCUT2D eigenvalue weighted by atomic mass is 10.00. The Kier molecular flexibility index (Phi) is 5.87. The Labute approximate surface area is 163 Å². The molecule has 0 aliphatic carbocycles. The molecule has 3 aromatic rings. The van der Waals surface area contributed by atoms with Gasteiger partial charge in [0, 0.05) is 46.7 Å². The van der Waals surface area contributed by atoms with E-state index < -0.39 is 0 Å². The summed E-state index contributed by atoms with van der Waals surface area (Å²) >= 11 is 6.00. The Hall–Kier alpha value is -2.72. The summed E-state index contributed by atoms with van der Waals surface area (Å²) in [7, 11) is 3.19. The standard InChI is InChI=1S/C22H22ClNO3/c1-4-11-24-13-19(15-5-7-16(23)8-6-15)22(25)20(14-24)18-10-9-17(26-2)12-21(18)27-3/h5-10,12-14H,4,11H2,1-3H3. The van der Waals surface area contributed by atoms with Crippen LogP contribution in [-0.2, 0) is 6.54 Å². The summed E-state index contributed by atoms with van der Waals surface area (Å²) in [6.07, 6.45) is 4.74. The molecule has 0 radical (unpaired) electrons. The first-order valence-electron chi connectivity index (χ1n) is 8.79. The highest BCUT2D eigenvalue weighted by molar-refractivity contribution is 6.30. The number of hydrogen-bond acceptors (Lipinski definition) is 3. The molecule has 0 atom stereocenters. The summed E-state index contributed by atoms with van der Waals surface area (Å²) in [4.78, 5) is 13.3. The summed E-state index contributed by atoms with van der Waals surface area (Å²) in [5, 5.41) is 0.639. The second kappa shape index (κ2) is 8.31. The molecule has 0 bridgehead atoms. The average molecular weight is 384 g/mol. The van der Waals surface area contributed by atoms with E-state index in [1.807, 2.05) is 41.2 Å². The maximum atomic E-state index is 13.3. The van der Waals surface area contributed by atoms with Crippen molar-refractivity contribution in [3.63, 3.8) is 0 Å². The minimum Gasteiger partial charge on any atom is -0.497 e. The molecule has 1 aromatic heterocycles. The fourth-order valence-corrected chi connectivity index (χ4v) is 3.19. The topological polar surface area (TPSA) is 40.5 Å². The number of aromatic nitrogens is 1. The molecule has 0 saturated carbocycles. The molecule has 3 rings (SSSR count). The number of halogens is 1. The van der Waals surface area contributed by atoms with E-state index in [4.69, 9.17) is 21.1 Å². The molecule has 0 aliphatic heterocycles. The van der Waals surface area contributed by atoms with Gasteiger partial charge in [-0.3, -0.25) is 4.79 Å². The van der Waals surface area contributed by atoms with Crippen LogP contribution in [0.5, 0.6) is 11.5 Å². The van der Waals surface area contributed by atoms with E-state index in [0.29, 0.717) is 27.6 Å². The number of benzene rings is 2. The van der Waals surface area contributed by atoms with Crippen molar-refractivity contribution in [2.75, 3.05) is 14.2 Å². The summed E-state index contributed by atoms with van der Waals surface area (Å²) in [6, 6.07) is 12.8. The van der Waals surface area contributed by atoms with Gasteiger partial charge in [-0.25, -0.2) is 0 Å². The normalized spacial score (nSPS) is 10.7. The zero-order valence-corrected chi connectivity index (χ0v) is 16.4. The van der Waals surface area contributed by atoms with E-state index in [-0.39, 0.29) is 5.43 Å². The predicted molar refractivity (Wildman–Crippen MR) is 110 cm³/mol. The number of methoxy groups -OCH3 is 2. The molecule has 0 unspecified atom stereocenters. The van der Waals surface area contributed by atoms with Crippen molar-refractivity contribution >= 4 is 11.6 Å². The van der Waals surface area contributed by atoms with Crippen molar-refractivity contribution in [2.24, 2.45) is 0 Å². The van der Waals surface area contributed by atoms with Gasteiger partial charge < -0.3 is 14.0 Å². The van der Waals surface area contributed by atoms with Crippen LogP contribution in [0.4, 0.5) is 0 Å². The monoisotopic (exact) mass is 383 g/mol. The van der Waals surface area contributed by atoms with Crippen molar-refractivity contribution in [3.05, 3.63) is 70.1 Å². The molecule has 5 heteroatoms. The Balaban J connectivity index is 2.24. The van der Waals surface area contributed by atoms with Gasteiger partial charge in [0.15, 0.2) is 5.43 Å². The van der Waals surface area contributed by atoms with Crippen LogP contribution in [0.2, 0.25) is 5.02 Å². The lowest BCUT2D eigenvalue weighted by molar-refractivity contribution is 0.395. The largest absolute Gasteiger partial charge is 0.497 e. The molecule has 4 nitrogen and oxygen atoms in total. The van der Waals surface area contributed by atoms with Gasteiger partial charge in [0.1, 0.15) is 11.5 Å². The molecular weight excluding hydrogens is 362 g/mol. The van der Waals surface area contributed by atoms with Crippen LogP contribution in [0.1, 0.15) is 13.3 Å². The number of aryl methyl sites for hydroxylation is 1. The number of hydrogen-bond donors (Lipinski definition) is 0. The van der Waals surface area contributed by atoms with Crippen LogP contribution in [-0.4, -0.2) is 18.8 Å². The Morgan fingerprint density at radius 2 is 1.63 bits per heavy atom. The molecule has 0 N–H and O–H groups in total. The fourth-order valence-electron chi connectivity index (χ4n) is 3.07. The third kappa shape index (κ3) is 4.01. The lowest BCUT2D eigenvalue weighted by Gasteiger charge is -2.15. The molecule has 0 fully saturated rings.